The molecular weight excluding hydrogens is 228 g/mol. The molecule has 2 heterocycles. The fraction of sp³-hybridized carbons (Fsp3) is 0.692. The monoisotopic (exact) mass is 250 g/mol. The van der Waals surface area contributed by atoms with Crippen molar-refractivity contribution >= 4 is 11.7 Å². The number of aromatic nitrogens is 2. The van der Waals surface area contributed by atoms with Gasteiger partial charge in [-0.2, -0.15) is 5.10 Å². The number of carbonyl (C=O) groups excluding carboxylic acids is 1. The molecule has 0 aliphatic carbocycles. The van der Waals surface area contributed by atoms with Crippen LogP contribution in [0.15, 0.2) is 6.20 Å². The van der Waals surface area contributed by atoms with Crippen LogP contribution in [0.2, 0.25) is 0 Å². The Morgan fingerprint density at radius 2 is 2.33 bits per heavy atom. The van der Waals surface area contributed by atoms with Crippen LogP contribution in [0.1, 0.15) is 49.9 Å². The molecule has 1 unspecified atom stereocenters. The number of nitrogens with two attached hydrogens (primary N) is 1. The summed E-state index contributed by atoms with van der Waals surface area (Å²) < 4.78 is 1.76. The topological polar surface area (TPSA) is 64.2 Å². The highest BCUT2D eigenvalue weighted by atomic mass is 16.2. The van der Waals surface area contributed by atoms with Crippen LogP contribution < -0.4 is 5.73 Å². The van der Waals surface area contributed by atoms with Crippen LogP contribution in [0.5, 0.6) is 0 Å². The fourth-order valence-electron chi connectivity index (χ4n) is 2.50. The zero-order valence-corrected chi connectivity index (χ0v) is 11.2. The minimum atomic E-state index is 0.0297. The molecule has 1 atom stereocenters. The van der Waals surface area contributed by atoms with Gasteiger partial charge in [-0.1, -0.05) is 6.92 Å². The van der Waals surface area contributed by atoms with Gasteiger partial charge < -0.3 is 10.6 Å². The standard InChI is InChI=1S/C13H22N4O/c1-3-7-16-9-11(12(14)15-16)13(18)17-8-5-4-6-10(17)2/h9-10H,3-8H2,1-2H3,(H2,14,15). The predicted octanol–water partition coefficient (Wildman–Crippen LogP) is 1.89. The zero-order valence-electron chi connectivity index (χ0n) is 11.2. The summed E-state index contributed by atoms with van der Waals surface area (Å²) in [4.78, 5) is 14.4. The molecule has 0 spiro atoms. The second-order valence-electron chi connectivity index (χ2n) is 5.03. The van der Waals surface area contributed by atoms with Crippen molar-refractivity contribution < 1.29 is 4.79 Å². The van der Waals surface area contributed by atoms with Crippen molar-refractivity contribution in [3.8, 4) is 0 Å². The quantitative estimate of drug-likeness (QED) is 0.891. The van der Waals surface area contributed by atoms with Crippen molar-refractivity contribution in [1.29, 1.82) is 0 Å². The van der Waals surface area contributed by atoms with E-state index in [9.17, 15) is 4.79 Å². The molecule has 100 valence electrons. The number of anilines is 1. The van der Waals surface area contributed by atoms with Gasteiger partial charge in [0.15, 0.2) is 5.82 Å². The molecule has 1 aromatic heterocycles. The van der Waals surface area contributed by atoms with E-state index in [1.54, 1.807) is 10.9 Å². The maximum atomic E-state index is 12.4. The molecule has 0 saturated carbocycles. The molecule has 18 heavy (non-hydrogen) atoms. The van der Waals surface area contributed by atoms with Crippen LogP contribution in [0.4, 0.5) is 5.82 Å². The van der Waals surface area contributed by atoms with Crippen molar-refractivity contribution in [3.05, 3.63) is 11.8 Å². The third-order valence-corrected chi connectivity index (χ3v) is 3.54. The molecule has 5 nitrogen and oxygen atoms in total. The van der Waals surface area contributed by atoms with Gasteiger partial charge in [-0.25, -0.2) is 0 Å². The normalized spacial score (nSPS) is 20.1. The van der Waals surface area contributed by atoms with Gasteiger partial charge in [0.2, 0.25) is 0 Å². The number of hydrogen-bond donors (Lipinski definition) is 1. The smallest absolute Gasteiger partial charge is 0.259 e. The van der Waals surface area contributed by atoms with Crippen LogP contribution in [-0.2, 0) is 6.54 Å². The molecule has 1 fully saturated rings. The summed E-state index contributed by atoms with van der Waals surface area (Å²) in [5.41, 5.74) is 6.40. The average Bonchev–Trinajstić information content (AvgIpc) is 2.71. The first-order chi connectivity index (χ1) is 8.63. The van der Waals surface area contributed by atoms with E-state index < -0.39 is 0 Å². The van der Waals surface area contributed by atoms with Crippen LogP contribution in [0.3, 0.4) is 0 Å². The number of piperidine rings is 1. The first-order valence-corrected chi connectivity index (χ1v) is 6.77. The number of likely N-dealkylation sites (tertiary alicyclic amines) is 1. The summed E-state index contributed by atoms with van der Waals surface area (Å²) in [5.74, 6) is 0.383. The van der Waals surface area contributed by atoms with Crippen LogP contribution in [-0.4, -0.2) is 33.2 Å². The second kappa shape index (κ2) is 5.42. The largest absolute Gasteiger partial charge is 0.382 e. The lowest BCUT2D eigenvalue weighted by atomic mass is 10.0. The molecule has 2 rings (SSSR count). The summed E-state index contributed by atoms with van der Waals surface area (Å²) in [6, 6.07) is 0.306. The van der Waals surface area contributed by atoms with Crippen molar-refractivity contribution in [3.63, 3.8) is 0 Å². The minimum absolute atomic E-state index is 0.0297. The van der Waals surface area contributed by atoms with Gasteiger partial charge in [-0.3, -0.25) is 9.48 Å². The summed E-state index contributed by atoms with van der Waals surface area (Å²) in [6.45, 7) is 5.81. The van der Waals surface area contributed by atoms with Crippen LogP contribution in [0, 0.1) is 0 Å². The molecule has 0 radical (unpaired) electrons. The number of carbonyl (C=O) groups is 1. The van der Waals surface area contributed by atoms with E-state index >= 15 is 0 Å². The van der Waals surface area contributed by atoms with Crippen molar-refractivity contribution in [1.82, 2.24) is 14.7 Å². The Hall–Kier alpha value is -1.52. The molecule has 1 aliphatic rings. The number of rotatable bonds is 3. The van der Waals surface area contributed by atoms with Crippen molar-refractivity contribution in [2.45, 2.75) is 52.1 Å². The highest BCUT2D eigenvalue weighted by Gasteiger charge is 2.26. The number of amides is 1. The number of nitrogens with zero attached hydrogens (tertiary/aromatic N) is 3. The van der Waals surface area contributed by atoms with E-state index in [-0.39, 0.29) is 5.91 Å². The molecule has 1 saturated heterocycles. The average molecular weight is 250 g/mol. The van der Waals surface area contributed by atoms with Gasteiger partial charge in [0.25, 0.3) is 5.91 Å². The third kappa shape index (κ3) is 2.49. The Morgan fingerprint density at radius 1 is 1.56 bits per heavy atom. The summed E-state index contributed by atoms with van der Waals surface area (Å²) >= 11 is 0. The van der Waals surface area contributed by atoms with Crippen molar-refractivity contribution in [2.24, 2.45) is 0 Å². The highest BCUT2D eigenvalue weighted by Crippen LogP contribution is 2.21. The molecule has 2 N–H and O–H groups in total. The Bertz CT molecular complexity index is 427. The van der Waals surface area contributed by atoms with Gasteiger partial charge in [0.1, 0.15) is 5.56 Å². The molecule has 1 amide bonds. The lowest BCUT2D eigenvalue weighted by Gasteiger charge is -2.33. The number of aryl methyl sites for hydroxylation is 1. The van der Waals surface area contributed by atoms with Gasteiger partial charge in [-0.15, -0.1) is 0 Å². The SMILES string of the molecule is CCCn1cc(C(=O)N2CCCCC2C)c(N)n1. The third-order valence-electron chi connectivity index (χ3n) is 3.54. The highest BCUT2D eigenvalue weighted by molar-refractivity contribution is 5.98. The van der Waals surface area contributed by atoms with E-state index in [1.165, 1.54) is 6.42 Å². The Balaban J connectivity index is 2.17. The first-order valence-electron chi connectivity index (χ1n) is 6.77. The van der Waals surface area contributed by atoms with Gasteiger partial charge in [-0.05, 0) is 32.6 Å². The Labute approximate surface area is 108 Å². The Morgan fingerprint density at radius 3 is 3.00 bits per heavy atom. The predicted molar refractivity (Wildman–Crippen MR) is 71.3 cm³/mol. The minimum Gasteiger partial charge on any atom is -0.382 e. The summed E-state index contributed by atoms with van der Waals surface area (Å²) in [5, 5.41) is 4.19. The lowest BCUT2D eigenvalue weighted by molar-refractivity contribution is 0.0636. The summed E-state index contributed by atoms with van der Waals surface area (Å²) in [6.07, 6.45) is 6.13. The molecule has 1 aromatic rings. The van der Waals surface area contributed by atoms with E-state index in [1.807, 2.05) is 4.90 Å². The van der Waals surface area contributed by atoms with Gasteiger partial charge in [0.05, 0.1) is 0 Å². The van der Waals surface area contributed by atoms with Crippen LogP contribution >= 0.6 is 0 Å². The lowest BCUT2D eigenvalue weighted by Crippen LogP contribution is -2.42. The number of nitrogen functional groups attached to an aromatic ring is 1. The van der Waals surface area contributed by atoms with Gasteiger partial charge >= 0.3 is 0 Å². The Kier molecular flexibility index (Phi) is 3.89. The fourth-order valence-corrected chi connectivity index (χ4v) is 2.50. The zero-order chi connectivity index (χ0) is 13.1. The van der Waals surface area contributed by atoms with Crippen molar-refractivity contribution in [2.75, 3.05) is 12.3 Å². The molecule has 1 aliphatic heterocycles. The second-order valence-corrected chi connectivity index (χ2v) is 5.03. The first kappa shape index (κ1) is 12.9. The molecule has 0 bridgehead atoms. The maximum absolute atomic E-state index is 12.4. The van der Waals surface area contributed by atoms with E-state index in [0.29, 0.717) is 17.4 Å². The van der Waals surface area contributed by atoms with Gasteiger partial charge in [0, 0.05) is 25.3 Å². The maximum Gasteiger partial charge on any atom is 0.259 e. The van der Waals surface area contributed by atoms with Crippen LogP contribution in [0.25, 0.3) is 0 Å². The molecule has 5 heteroatoms. The molecule has 0 aromatic carbocycles. The van der Waals surface area contributed by atoms with E-state index in [2.05, 4.69) is 18.9 Å². The van der Waals surface area contributed by atoms with E-state index in [4.69, 9.17) is 5.73 Å². The summed E-state index contributed by atoms with van der Waals surface area (Å²) in [7, 11) is 0. The van der Waals surface area contributed by atoms with E-state index in [0.717, 1.165) is 32.4 Å². The number of hydrogen-bond acceptors (Lipinski definition) is 3. The molecular formula is C13H22N4O.